The van der Waals surface area contributed by atoms with Gasteiger partial charge < -0.3 is 10.4 Å². The lowest BCUT2D eigenvalue weighted by molar-refractivity contribution is 0.102. The number of amides is 1. The summed E-state index contributed by atoms with van der Waals surface area (Å²) in [5.41, 5.74) is 3.35. The Morgan fingerprint density at radius 2 is 1.92 bits per heavy atom. The maximum Gasteiger partial charge on any atom is 0.256 e. The van der Waals surface area contributed by atoms with Crippen molar-refractivity contribution < 1.29 is 9.90 Å². The van der Waals surface area contributed by atoms with Crippen molar-refractivity contribution in [3.05, 3.63) is 78.2 Å². The molecule has 6 heteroatoms. The number of hydrogen-bond donors (Lipinski definition) is 2. The standard InChI is InChI=1S/C20H16N4O2/c1-13-19(23-20(26)14-6-3-2-4-7-14)24-12-17(21-11-18(24)22-13)15-8-5-9-16(25)10-15/h2-12,25H,1H3,(H,23,26). The maximum absolute atomic E-state index is 12.5. The molecule has 2 aromatic heterocycles. The summed E-state index contributed by atoms with van der Waals surface area (Å²) in [4.78, 5) is 21.4. The second-order valence-corrected chi connectivity index (χ2v) is 5.92. The lowest BCUT2D eigenvalue weighted by atomic mass is 10.1. The summed E-state index contributed by atoms with van der Waals surface area (Å²) in [6.45, 7) is 1.83. The van der Waals surface area contributed by atoms with Crippen LogP contribution in [0.1, 0.15) is 16.1 Å². The van der Waals surface area contributed by atoms with Gasteiger partial charge in [-0.25, -0.2) is 4.98 Å². The Hall–Kier alpha value is -3.67. The molecule has 26 heavy (non-hydrogen) atoms. The number of hydrogen-bond acceptors (Lipinski definition) is 4. The van der Waals surface area contributed by atoms with E-state index < -0.39 is 0 Å². The predicted octanol–water partition coefficient (Wildman–Crippen LogP) is 3.66. The minimum atomic E-state index is -0.203. The third kappa shape index (κ3) is 2.88. The van der Waals surface area contributed by atoms with E-state index in [9.17, 15) is 9.90 Å². The lowest BCUT2D eigenvalue weighted by Crippen LogP contribution is -2.14. The van der Waals surface area contributed by atoms with Crippen LogP contribution >= 0.6 is 0 Å². The fourth-order valence-corrected chi connectivity index (χ4v) is 2.81. The highest BCUT2D eigenvalue weighted by Crippen LogP contribution is 2.24. The zero-order valence-corrected chi connectivity index (χ0v) is 14.0. The summed E-state index contributed by atoms with van der Waals surface area (Å²) in [6.07, 6.45) is 3.44. The minimum absolute atomic E-state index is 0.170. The van der Waals surface area contributed by atoms with Crippen LogP contribution in [-0.4, -0.2) is 25.4 Å². The van der Waals surface area contributed by atoms with Gasteiger partial charge in [0.1, 0.15) is 11.6 Å². The van der Waals surface area contributed by atoms with Crippen LogP contribution in [0.15, 0.2) is 67.0 Å². The molecule has 4 aromatic rings. The molecule has 4 rings (SSSR count). The quantitative estimate of drug-likeness (QED) is 0.594. The monoisotopic (exact) mass is 344 g/mol. The molecule has 0 aliphatic heterocycles. The first-order chi connectivity index (χ1) is 12.6. The molecule has 0 unspecified atom stereocenters. The molecule has 0 atom stereocenters. The second kappa shape index (κ2) is 6.33. The van der Waals surface area contributed by atoms with Crippen molar-refractivity contribution in [3.8, 4) is 17.0 Å². The second-order valence-electron chi connectivity index (χ2n) is 5.92. The molecule has 0 aliphatic rings. The smallest absolute Gasteiger partial charge is 0.256 e. The normalized spacial score (nSPS) is 10.8. The van der Waals surface area contributed by atoms with E-state index in [1.807, 2.05) is 31.2 Å². The number of benzene rings is 2. The molecule has 6 nitrogen and oxygen atoms in total. The van der Waals surface area contributed by atoms with Crippen molar-refractivity contribution in [3.63, 3.8) is 0 Å². The molecule has 0 saturated carbocycles. The maximum atomic E-state index is 12.5. The SMILES string of the molecule is Cc1nc2cnc(-c3cccc(O)c3)cn2c1NC(=O)c1ccccc1. The van der Waals surface area contributed by atoms with Gasteiger partial charge in [-0.2, -0.15) is 0 Å². The predicted molar refractivity (Wildman–Crippen MR) is 99.2 cm³/mol. The van der Waals surface area contributed by atoms with Crippen LogP contribution in [-0.2, 0) is 0 Å². The molecule has 0 fully saturated rings. The Labute approximate surface area is 149 Å². The molecular formula is C20H16N4O2. The summed E-state index contributed by atoms with van der Waals surface area (Å²) in [7, 11) is 0. The van der Waals surface area contributed by atoms with Gasteiger partial charge in [0.05, 0.1) is 17.6 Å². The minimum Gasteiger partial charge on any atom is -0.508 e. The number of phenolic OH excluding ortho intramolecular Hbond substituents is 1. The summed E-state index contributed by atoms with van der Waals surface area (Å²) < 4.78 is 1.79. The van der Waals surface area contributed by atoms with Gasteiger partial charge in [0.2, 0.25) is 0 Å². The van der Waals surface area contributed by atoms with Gasteiger partial charge in [-0.05, 0) is 31.2 Å². The fourth-order valence-electron chi connectivity index (χ4n) is 2.81. The zero-order valence-electron chi connectivity index (χ0n) is 14.0. The average Bonchev–Trinajstić information content (AvgIpc) is 2.97. The molecule has 2 aromatic carbocycles. The number of carbonyl (C=O) groups is 1. The van der Waals surface area contributed by atoms with E-state index in [-0.39, 0.29) is 11.7 Å². The molecule has 0 bridgehead atoms. The van der Waals surface area contributed by atoms with Crippen LogP contribution in [0.4, 0.5) is 5.82 Å². The summed E-state index contributed by atoms with van der Waals surface area (Å²) in [5, 5.41) is 12.6. The van der Waals surface area contributed by atoms with Gasteiger partial charge in [-0.1, -0.05) is 30.3 Å². The first kappa shape index (κ1) is 15.8. The number of aromatic nitrogens is 3. The number of aryl methyl sites for hydroxylation is 1. The number of fused-ring (bicyclic) bond motifs is 1. The van der Waals surface area contributed by atoms with Crippen molar-refractivity contribution in [2.24, 2.45) is 0 Å². The molecule has 0 saturated heterocycles. The van der Waals surface area contributed by atoms with Crippen molar-refractivity contribution in [2.45, 2.75) is 6.92 Å². The average molecular weight is 344 g/mol. The van der Waals surface area contributed by atoms with Crippen LogP contribution in [0.5, 0.6) is 5.75 Å². The first-order valence-corrected chi connectivity index (χ1v) is 8.12. The number of imidazole rings is 1. The molecule has 0 spiro atoms. The number of anilines is 1. The van der Waals surface area contributed by atoms with Gasteiger partial charge >= 0.3 is 0 Å². The number of aromatic hydroxyl groups is 1. The fraction of sp³-hybridized carbons (Fsp3) is 0.0500. The molecule has 128 valence electrons. The Morgan fingerprint density at radius 3 is 2.69 bits per heavy atom. The van der Waals surface area contributed by atoms with Crippen LogP contribution in [0, 0.1) is 6.92 Å². The molecule has 2 heterocycles. The number of rotatable bonds is 3. The molecule has 0 radical (unpaired) electrons. The van der Waals surface area contributed by atoms with Crippen LogP contribution in [0.3, 0.4) is 0 Å². The van der Waals surface area contributed by atoms with E-state index in [0.29, 0.717) is 28.4 Å². The van der Waals surface area contributed by atoms with Crippen LogP contribution < -0.4 is 5.32 Å². The molecular weight excluding hydrogens is 328 g/mol. The van der Waals surface area contributed by atoms with E-state index in [1.165, 1.54) is 0 Å². The number of nitrogens with zero attached hydrogens (tertiary/aromatic N) is 3. The largest absolute Gasteiger partial charge is 0.508 e. The molecule has 0 aliphatic carbocycles. The van der Waals surface area contributed by atoms with Gasteiger partial charge in [0, 0.05) is 17.3 Å². The summed E-state index contributed by atoms with van der Waals surface area (Å²) >= 11 is 0. The van der Waals surface area contributed by atoms with Crippen molar-refractivity contribution in [1.29, 1.82) is 0 Å². The third-order valence-electron chi connectivity index (χ3n) is 4.09. The van der Waals surface area contributed by atoms with Crippen LogP contribution in [0.2, 0.25) is 0 Å². The van der Waals surface area contributed by atoms with Gasteiger partial charge in [0.15, 0.2) is 5.65 Å². The highest BCUT2D eigenvalue weighted by molar-refractivity contribution is 6.04. The third-order valence-corrected chi connectivity index (χ3v) is 4.09. The van der Waals surface area contributed by atoms with E-state index in [0.717, 1.165) is 5.56 Å². The van der Waals surface area contributed by atoms with Crippen LogP contribution in [0.25, 0.3) is 16.9 Å². The number of phenols is 1. The van der Waals surface area contributed by atoms with E-state index in [1.54, 1.807) is 47.1 Å². The first-order valence-electron chi connectivity index (χ1n) is 8.12. The van der Waals surface area contributed by atoms with Crippen molar-refractivity contribution in [2.75, 3.05) is 5.32 Å². The highest BCUT2D eigenvalue weighted by atomic mass is 16.3. The van der Waals surface area contributed by atoms with Crippen molar-refractivity contribution >= 4 is 17.4 Å². The van der Waals surface area contributed by atoms with E-state index >= 15 is 0 Å². The Bertz CT molecular complexity index is 1100. The lowest BCUT2D eigenvalue weighted by Gasteiger charge is -2.08. The van der Waals surface area contributed by atoms with E-state index in [2.05, 4.69) is 15.3 Å². The van der Waals surface area contributed by atoms with Crippen molar-refractivity contribution in [1.82, 2.24) is 14.4 Å². The molecule has 1 amide bonds. The van der Waals surface area contributed by atoms with Gasteiger partial charge in [0.25, 0.3) is 5.91 Å². The highest BCUT2D eigenvalue weighted by Gasteiger charge is 2.14. The molecule has 2 N–H and O–H groups in total. The van der Waals surface area contributed by atoms with Gasteiger partial charge in [-0.3, -0.25) is 14.2 Å². The summed E-state index contributed by atoms with van der Waals surface area (Å²) in [6, 6.07) is 15.9. The Morgan fingerprint density at radius 1 is 1.12 bits per heavy atom. The number of carbonyl (C=O) groups excluding carboxylic acids is 1. The zero-order chi connectivity index (χ0) is 18.1. The van der Waals surface area contributed by atoms with E-state index in [4.69, 9.17) is 0 Å². The Balaban J connectivity index is 1.76. The Kier molecular flexibility index (Phi) is 3.85. The topological polar surface area (TPSA) is 79.5 Å². The number of nitrogens with one attached hydrogen (secondary N) is 1. The summed E-state index contributed by atoms with van der Waals surface area (Å²) in [5.74, 6) is 0.563. The van der Waals surface area contributed by atoms with Gasteiger partial charge in [-0.15, -0.1) is 0 Å².